The Morgan fingerprint density at radius 1 is 0.385 bits per heavy atom. The van der Waals surface area contributed by atoms with Crippen LogP contribution >= 0.6 is 0 Å². The second kappa shape index (κ2) is 3.83. The maximum absolute atomic E-state index is 12.7. The predicted molar refractivity (Wildman–Crippen MR) is 109 cm³/mol. The third-order valence-electron chi connectivity index (χ3n) is 6.04. The third-order valence-corrected chi connectivity index (χ3v) is 6.04. The molecule has 0 aromatic heterocycles. The van der Waals surface area contributed by atoms with Gasteiger partial charge in [0.05, 0.1) is 0 Å². The smallest absolute Gasteiger partial charge is 0.187 e. The molecule has 0 aliphatic rings. The van der Waals surface area contributed by atoms with Crippen molar-refractivity contribution in [1.82, 2.24) is 0 Å². The molecule has 26 heavy (non-hydrogen) atoms. The quantitative estimate of drug-likeness (QED) is 0.287. The minimum atomic E-state index is 0.0572. The summed E-state index contributed by atoms with van der Waals surface area (Å²) in [6.45, 7) is 0. The Morgan fingerprint density at radius 3 is 1.19 bits per heavy atom. The Hall–Kier alpha value is -3.52. The third kappa shape index (κ3) is 1.20. The fourth-order valence-corrected chi connectivity index (χ4v) is 5.02. The van der Waals surface area contributed by atoms with Crippen LogP contribution in [0.15, 0.2) is 70.3 Å². The second-order valence-electron chi connectivity index (χ2n) is 7.25. The fourth-order valence-electron chi connectivity index (χ4n) is 5.02. The van der Waals surface area contributed by atoms with Crippen LogP contribution in [-0.4, -0.2) is 0 Å². The molecule has 0 bridgehead atoms. The number of hydrogen-bond donors (Lipinski definition) is 0. The molecule has 2 heteroatoms. The summed E-state index contributed by atoms with van der Waals surface area (Å²) in [7, 11) is 0. The summed E-state index contributed by atoms with van der Waals surface area (Å²) in [6, 6.07) is 19.5. The summed E-state index contributed by atoms with van der Waals surface area (Å²) >= 11 is 0. The van der Waals surface area contributed by atoms with Crippen molar-refractivity contribution < 1.29 is 0 Å². The minimum Gasteiger partial charge on any atom is -0.289 e. The first-order chi connectivity index (χ1) is 12.7. The summed E-state index contributed by atoms with van der Waals surface area (Å²) in [5.41, 5.74) is 0.114. The van der Waals surface area contributed by atoms with Crippen molar-refractivity contribution in [1.29, 1.82) is 0 Å². The van der Waals surface area contributed by atoms with Gasteiger partial charge in [0.25, 0.3) is 0 Å². The molecule has 0 saturated carbocycles. The Morgan fingerprint density at radius 2 is 0.731 bits per heavy atom. The molecule has 7 rings (SSSR count). The number of hydrogen-bond acceptors (Lipinski definition) is 2. The highest BCUT2D eigenvalue weighted by molar-refractivity contribution is 6.44. The Labute approximate surface area is 146 Å². The molecule has 0 radical (unpaired) electrons. The van der Waals surface area contributed by atoms with E-state index < -0.39 is 0 Å². The molecule has 0 spiro atoms. The lowest BCUT2D eigenvalue weighted by Crippen LogP contribution is -2.05. The maximum atomic E-state index is 12.7. The van der Waals surface area contributed by atoms with Gasteiger partial charge in [-0.15, -0.1) is 0 Å². The van der Waals surface area contributed by atoms with Crippen LogP contribution in [-0.2, 0) is 0 Å². The summed E-state index contributed by atoms with van der Waals surface area (Å²) < 4.78 is 0. The van der Waals surface area contributed by atoms with Crippen LogP contribution in [0.4, 0.5) is 0 Å². The zero-order chi connectivity index (χ0) is 17.2. The van der Waals surface area contributed by atoms with Gasteiger partial charge in [-0.25, -0.2) is 0 Å². The van der Waals surface area contributed by atoms with Gasteiger partial charge < -0.3 is 0 Å². The fraction of sp³-hybridized carbons (Fsp3) is 0. The molecule has 118 valence electrons. The molecule has 2 nitrogen and oxygen atoms in total. The highest BCUT2D eigenvalue weighted by atomic mass is 16.1. The zero-order valence-electron chi connectivity index (χ0n) is 13.6. The van der Waals surface area contributed by atoms with Crippen molar-refractivity contribution in [3.63, 3.8) is 0 Å². The lowest BCUT2D eigenvalue weighted by Gasteiger charge is -2.19. The Balaban J connectivity index is 2.13. The van der Waals surface area contributed by atoms with E-state index in [4.69, 9.17) is 0 Å². The molecule has 7 aromatic carbocycles. The summed E-state index contributed by atoms with van der Waals surface area (Å²) in [5, 5.41) is 12.2. The van der Waals surface area contributed by atoms with Crippen molar-refractivity contribution in [3.8, 4) is 0 Å². The molecular formula is C24H10O2. The van der Waals surface area contributed by atoms with Crippen molar-refractivity contribution >= 4 is 64.6 Å². The molecule has 0 amide bonds. The van der Waals surface area contributed by atoms with Crippen LogP contribution in [0.2, 0.25) is 0 Å². The molecule has 0 saturated heterocycles. The van der Waals surface area contributed by atoms with E-state index in [0.717, 1.165) is 64.6 Å². The summed E-state index contributed by atoms with van der Waals surface area (Å²) in [4.78, 5) is 25.5. The standard InChI is InChI=1S/C24H10O2/c25-17-9-13-3-1-11-5-7-15-18(26)10-14-4-2-12-6-8-16(17)24-20(12)22(14)23(15)19(11)21(13)24/h1-10H. The van der Waals surface area contributed by atoms with Crippen LogP contribution in [0.5, 0.6) is 0 Å². The first-order valence-electron chi connectivity index (χ1n) is 8.71. The average Bonchev–Trinajstić information content (AvgIpc) is 2.66. The number of benzene rings is 7. The van der Waals surface area contributed by atoms with E-state index in [2.05, 4.69) is 12.1 Å². The minimum absolute atomic E-state index is 0.0572. The van der Waals surface area contributed by atoms with Gasteiger partial charge in [0.2, 0.25) is 0 Å². The van der Waals surface area contributed by atoms with E-state index in [1.165, 1.54) is 0 Å². The van der Waals surface area contributed by atoms with Gasteiger partial charge in [0, 0.05) is 21.5 Å². The van der Waals surface area contributed by atoms with Crippen LogP contribution < -0.4 is 10.9 Å². The first kappa shape index (κ1) is 12.8. The normalized spacial score (nSPS) is 12.9. The van der Waals surface area contributed by atoms with Crippen molar-refractivity contribution in [2.45, 2.75) is 0 Å². The van der Waals surface area contributed by atoms with Crippen LogP contribution in [0.25, 0.3) is 64.6 Å². The molecule has 0 unspecified atom stereocenters. The van der Waals surface area contributed by atoms with Gasteiger partial charge in [-0.3, -0.25) is 9.59 Å². The lowest BCUT2D eigenvalue weighted by atomic mass is 9.83. The molecule has 0 aliphatic heterocycles. The lowest BCUT2D eigenvalue weighted by molar-refractivity contribution is 1.70. The van der Waals surface area contributed by atoms with Crippen LogP contribution in [0.3, 0.4) is 0 Å². The van der Waals surface area contributed by atoms with Crippen LogP contribution in [0.1, 0.15) is 0 Å². The maximum Gasteiger partial charge on any atom is 0.187 e. The van der Waals surface area contributed by atoms with E-state index in [9.17, 15) is 9.59 Å². The largest absolute Gasteiger partial charge is 0.289 e. The summed E-state index contributed by atoms with van der Waals surface area (Å²) in [6.07, 6.45) is 0. The SMILES string of the molecule is O=c1cc2ccc3ccc4c(=O)cc5ccc6ccc1c1c6c5c4c3c21. The van der Waals surface area contributed by atoms with Gasteiger partial charge >= 0.3 is 0 Å². The zero-order valence-corrected chi connectivity index (χ0v) is 13.6. The molecule has 7 aromatic rings. The monoisotopic (exact) mass is 330 g/mol. The first-order valence-corrected chi connectivity index (χ1v) is 8.71. The molecule has 0 atom stereocenters. The molecule has 0 aliphatic carbocycles. The average molecular weight is 330 g/mol. The highest BCUT2D eigenvalue weighted by Crippen LogP contribution is 2.46. The van der Waals surface area contributed by atoms with E-state index in [1.54, 1.807) is 12.1 Å². The Kier molecular flexibility index (Phi) is 1.89. The van der Waals surface area contributed by atoms with Crippen molar-refractivity contribution in [3.05, 3.63) is 81.1 Å². The predicted octanol–water partition coefficient (Wildman–Crippen LogP) is 5.08. The van der Waals surface area contributed by atoms with E-state index in [1.807, 2.05) is 36.4 Å². The second-order valence-corrected chi connectivity index (χ2v) is 7.25. The van der Waals surface area contributed by atoms with Crippen molar-refractivity contribution in [2.75, 3.05) is 0 Å². The van der Waals surface area contributed by atoms with Crippen molar-refractivity contribution in [2.24, 2.45) is 0 Å². The van der Waals surface area contributed by atoms with Gasteiger partial charge in [0.1, 0.15) is 0 Å². The number of rotatable bonds is 0. The molecule has 0 fully saturated rings. The Bertz CT molecular complexity index is 1610. The van der Waals surface area contributed by atoms with Gasteiger partial charge in [-0.05, 0) is 67.4 Å². The topological polar surface area (TPSA) is 34.1 Å². The van der Waals surface area contributed by atoms with Crippen LogP contribution in [0, 0.1) is 0 Å². The highest BCUT2D eigenvalue weighted by Gasteiger charge is 2.21. The van der Waals surface area contributed by atoms with Gasteiger partial charge in [0.15, 0.2) is 10.9 Å². The van der Waals surface area contributed by atoms with E-state index in [-0.39, 0.29) is 10.9 Å². The summed E-state index contributed by atoms with van der Waals surface area (Å²) in [5.74, 6) is 0. The molecule has 0 heterocycles. The van der Waals surface area contributed by atoms with Gasteiger partial charge in [-0.1, -0.05) is 36.4 Å². The van der Waals surface area contributed by atoms with Gasteiger partial charge in [-0.2, -0.15) is 0 Å². The van der Waals surface area contributed by atoms with E-state index in [0.29, 0.717) is 0 Å². The molecular weight excluding hydrogens is 320 g/mol. The molecule has 0 N–H and O–H groups in total. The van der Waals surface area contributed by atoms with E-state index >= 15 is 0 Å².